The van der Waals surface area contributed by atoms with E-state index in [4.69, 9.17) is 14.2 Å². The number of allylic oxidation sites excluding steroid dienone is 16. The van der Waals surface area contributed by atoms with Crippen molar-refractivity contribution in [2.45, 2.75) is 271 Å². The van der Waals surface area contributed by atoms with Crippen molar-refractivity contribution >= 4 is 17.9 Å². The average Bonchev–Trinajstić information content (AvgIpc) is 3.35. The molecule has 0 N–H and O–H groups in total. The third-order valence-corrected chi connectivity index (χ3v) is 12.1. The molecule has 1 atom stereocenters. The Morgan fingerprint density at radius 2 is 0.594 bits per heavy atom. The molecule has 0 aliphatic heterocycles. The highest BCUT2D eigenvalue weighted by Crippen LogP contribution is 2.16. The van der Waals surface area contributed by atoms with E-state index in [1.165, 1.54) is 116 Å². The van der Waals surface area contributed by atoms with E-state index >= 15 is 0 Å². The van der Waals surface area contributed by atoms with Crippen LogP contribution in [0.3, 0.4) is 0 Å². The van der Waals surface area contributed by atoms with Gasteiger partial charge in [-0.3, -0.25) is 14.4 Å². The summed E-state index contributed by atoms with van der Waals surface area (Å²) >= 11 is 0. The molecule has 0 heterocycles. The van der Waals surface area contributed by atoms with Crippen LogP contribution in [0.4, 0.5) is 0 Å². The second kappa shape index (κ2) is 56.9. The van der Waals surface area contributed by atoms with Crippen LogP contribution in [0, 0.1) is 0 Å². The monoisotopic (exact) mass is 959 g/mol. The SMILES string of the molecule is CC/C=C\C/C=C\C/C=C\C/C=C\C/C=C\C/C=C\CCC(=O)OC[C@@H](COC(=O)CCCCCCC/C=C\C/C=C\CCCCC)OC(=O)CCCCCCCCCCCCCCCCCCC. The molecule has 0 aromatic heterocycles. The summed E-state index contributed by atoms with van der Waals surface area (Å²) in [6, 6.07) is 0. The van der Waals surface area contributed by atoms with E-state index < -0.39 is 6.10 Å². The fraction of sp³-hybridized carbons (Fsp3) is 0.698. The second-order valence-electron chi connectivity index (χ2n) is 18.8. The number of unbranched alkanes of at least 4 members (excludes halogenated alkanes) is 24. The highest BCUT2D eigenvalue weighted by atomic mass is 16.6. The summed E-state index contributed by atoms with van der Waals surface area (Å²) in [5, 5.41) is 0. The van der Waals surface area contributed by atoms with Gasteiger partial charge in [-0.25, -0.2) is 0 Å². The number of rotatable bonds is 51. The van der Waals surface area contributed by atoms with Gasteiger partial charge in [-0.1, -0.05) is 253 Å². The van der Waals surface area contributed by atoms with E-state index in [1.54, 1.807) is 0 Å². The Bertz CT molecular complexity index is 1380. The molecule has 0 bridgehead atoms. The maximum absolute atomic E-state index is 12.9. The highest BCUT2D eigenvalue weighted by molar-refractivity contribution is 5.71. The van der Waals surface area contributed by atoms with Crippen molar-refractivity contribution in [1.82, 2.24) is 0 Å². The smallest absolute Gasteiger partial charge is 0.306 e. The van der Waals surface area contributed by atoms with Gasteiger partial charge < -0.3 is 14.2 Å². The summed E-state index contributed by atoms with van der Waals surface area (Å²) in [7, 11) is 0. The maximum atomic E-state index is 12.9. The van der Waals surface area contributed by atoms with Gasteiger partial charge in [-0.05, 0) is 89.9 Å². The zero-order valence-corrected chi connectivity index (χ0v) is 45.0. The number of ether oxygens (including phenoxy) is 3. The first-order chi connectivity index (χ1) is 34.0. The molecule has 0 aliphatic rings. The minimum atomic E-state index is -0.813. The van der Waals surface area contributed by atoms with E-state index in [-0.39, 0.29) is 37.5 Å². The lowest BCUT2D eigenvalue weighted by Crippen LogP contribution is -2.30. The third kappa shape index (κ3) is 55.1. The Hall–Kier alpha value is -3.67. The van der Waals surface area contributed by atoms with E-state index in [2.05, 4.69) is 112 Å². The van der Waals surface area contributed by atoms with Gasteiger partial charge in [0.25, 0.3) is 0 Å². The molecule has 0 amide bonds. The minimum absolute atomic E-state index is 0.107. The van der Waals surface area contributed by atoms with Gasteiger partial charge in [0.15, 0.2) is 6.10 Å². The lowest BCUT2D eigenvalue weighted by molar-refractivity contribution is -0.166. The molecule has 0 aromatic rings. The number of hydrogen-bond donors (Lipinski definition) is 0. The lowest BCUT2D eigenvalue weighted by atomic mass is 10.0. The molecule has 0 saturated carbocycles. The molecular formula is C63H106O6. The van der Waals surface area contributed by atoms with E-state index in [9.17, 15) is 14.4 Å². The van der Waals surface area contributed by atoms with Crippen LogP contribution in [-0.4, -0.2) is 37.2 Å². The van der Waals surface area contributed by atoms with Crippen LogP contribution >= 0.6 is 0 Å². The van der Waals surface area contributed by atoms with Gasteiger partial charge >= 0.3 is 17.9 Å². The number of esters is 3. The van der Waals surface area contributed by atoms with Gasteiger partial charge in [0.05, 0.1) is 0 Å². The van der Waals surface area contributed by atoms with Crippen LogP contribution in [0.1, 0.15) is 265 Å². The van der Waals surface area contributed by atoms with Crippen LogP contribution in [0.15, 0.2) is 97.2 Å². The molecule has 0 aromatic carbocycles. The third-order valence-electron chi connectivity index (χ3n) is 12.1. The summed E-state index contributed by atoms with van der Waals surface area (Å²) < 4.78 is 16.8. The second-order valence-corrected chi connectivity index (χ2v) is 18.8. The van der Waals surface area contributed by atoms with Crippen molar-refractivity contribution in [2.24, 2.45) is 0 Å². The Labute approximate surface area is 426 Å². The molecule has 6 heteroatoms. The van der Waals surface area contributed by atoms with E-state index in [0.29, 0.717) is 19.3 Å². The Kier molecular flexibility index (Phi) is 53.9. The molecule has 6 nitrogen and oxygen atoms in total. The molecule has 394 valence electrons. The largest absolute Gasteiger partial charge is 0.462 e. The Morgan fingerprint density at radius 1 is 0.304 bits per heavy atom. The highest BCUT2D eigenvalue weighted by Gasteiger charge is 2.19. The summed E-state index contributed by atoms with van der Waals surface area (Å²) in [5.74, 6) is -1.00. The standard InChI is InChI=1S/C63H106O6/c1-4-7-10-13-16-19-22-25-28-30-31-33-35-38-41-44-47-50-53-56-62(65)68-59-60(58-67-61(64)55-52-49-46-43-40-37-34-27-24-21-18-15-12-9-6-3)69-63(66)57-54-51-48-45-42-39-36-32-29-26-23-20-17-14-11-8-5-2/h7,10,16,18-19,21,25,27-28,31,33-34,38,41,47,50,60H,4-6,8-9,11-15,17,20,22-24,26,29-30,32,35-37,39-40,42-46,48-49,51-59H2,1-3H3/b10-7-,19-16-,21-18-,28-25-,33-31-,34-27-,41-38-,50-47-/t60-/m1/s1. The van der Waals surface area contributed by atoms with Crippen LogP contribution in [0.25, 0.3) is 0 Å². The zero-order valence-electron chi connectivity index (χ0n) is 45.0. The normalized spacial score (nSPS) is 12.8. The lowest BCUT2D eigenvalue weighted by Gasteiger charge is -2.18. The topological polar surface area (TPSA) is 78.9 Å². The van der Waals surface area contributed by atoms with Crippen molar-refractivity contribution < 1.29 is 28.6 Å². The molecule has 0 rings (SSSR count). The zero-order chi connectivity index (χ0) is 50.0. The quantitative estimate of drug-likeness (QED) is 0.0262. The van der Waals surface area contributed by atoms with E-state index in [0.717, 1.165) is 103 Å². The van der Waals surface area contributed by atoms with Crippen molar-refractivity contribution in [3.8, 4) is 0 Å². The predicted molar refractivity (Wildman–Crippen MR) is 297 cm³/mol. The van der Waals surface area contributed by atoms with Gasteiger partial charge in [-0.2, -0.15) is 0 Å². The molecule has 69 heavy (non-hydrogen) atoms. The summed E-state index contributed by atoms with van der Waals surface area (Å²) in [6.45, 7) is 6.44. The van der Waals surface area contributed by atoms with Gasteiger partial charge in [0, 0.05) is 19.3 Å². The molecule has 0 radical (unpaired) electrons. The molecule has 0 aliphatic carbocycles. The first kappa shape index (κ1) is 65.3. The molecule has 0 spiro atoms. The fourth-order valence-corrected chi connectivity index (χ4v) is 7.79. The number of carbonyl (C=O) groups is 3. The van der Waals surface area contributed by atoms with Crippen LogP contribution in [0.5, 0.6) is 0 Å². The summed E-state index contributed by atoms with van der Waals surface area (Å²) in [6.07, 6.45) is 75.5. The van der Waals surface area contributed by atoms with Gasteiger partial charge in [-0.15, -0.1) is 0 Å². The maximum Gasteiger partial charge on any atom is 0.306 e. The van der Waals surface area contributed by atoms with Crippen LogP contribution in [-0.2, 0) is 28.6 Å². The van der Waals surface area contributed by atoms with Crippen molar-refractivity contribution in [3.05, 3.63) is 97.2 Å². The Morgan fingerprint density at radius 3 is 1.00 bits per heavy atom. The first-order valence-electron chi connectivity index (χ1n) is 28.7. The van der Waals surface area contributed by atoms with Crippen molar-refractivity contribution in [1.29, 1.82) is 0 Å². The van der Waals surface area contributed by atoms with Crippen molar-refractivity contribution in [2.75, 3.05) is 13.2 Å². The first-order valence-corrected chi connectivity index (χ1v) is 28.7. The summed E-state index contributed by atoms with van der Waals surface area (Å²) in [4.78, 5) is 38.1. The van der Waals surface area contributed by atoms with Gasteiger partial charge in [0.1, 0.15) is 13.2 Å². The molecule has 0 fully saturated rings. The van der Waals surface area contributed by atoms with Crippen LogP contribution < -0.4 is 0 Å². The van der Waals surface area contributed by atoms with Crippen LogP contribution in [0.2, 0.25) is 0 Å². The average molecular weight is 960 g/mol. The number of hydrogen-bond acceptors (Lipinski definition) is 6. The predicted octanol–water partition coefficient (Wildman–Crippen LogP) is 19.3. The summed E-state index contributed by atoms with van der Waals surface area (Å²) in [5.41, 5.74) is 0. The minimum Gasteiger partial charge on any atom is -0.462 e. The van der Waals surface area contributed by atoms with E-state index in [1.807, 2.05) is 6.08 Å². The number of carbonyl (C=O) groups excluding carboxylic acids is 3. The fourth-order valence-electron chi connectivity index (χ4n) is 7.79. The van der Waals surface area contributed by atoms with Gasteiger partial charge in [0.2, 0.25) is 0 Å². The van der Waals surface area contributed by atoms with Crippen molar-refractivity contribution in [3.63, 3.8) is 0 Å². The molecular weight excluding hydrogens is 853 g/mol. The Balaban J connectivity index is 4.51. The molecule has 0 unspecified atom stereocenters. The molecule has 0 saturated heterocycles.